The van der Waals surface area contributed by atoms with Gasteiger partial charge in [-0.05, 0) is 53.3 Å². The average Bonchev–Trinajstić information content (AvgIpc) is 2.67. The molecule has 1 N–H and O–H groups in total. The molecule has 0 saturated carbocycles. The third-order valence-corrected chi connectivity index (χ3v) is 7.70. The first-order chi connectivity index (χ1) is 12.6. The Kier molecular flexibility index (Phi) is 7.61. The van der Waals surface area contributed by atoms with Crippen LogP contribution in [0.5, 0.6) is 5.75 Å². The molecule has 1 aliphatic heterocycles. The van der Waals surface area contributed by atoms with Crippen LogP contribution < -0.4 is 10.1 Å². The normalized spacial score (nSPS) is 14.8. The number of thioether (sulfide) groups is 2. The van der Waals surface area contributed by atoms with Crippen molar-refractivity contribution in [3.05, 3.63) is 63.1 Å². The number of amides is 1. The van der Waals surface area contributed by atoms with E-state index in [0.29, 0.717) is 21.9 Å². The number of carbonyl (C=O) groups excluding carboxylic acids is 1. The summed E-state index contributed by atoms with van der Waals surface area (Å²) in [6.07, 6.45) is 1.29. The van der Waals surface area contributed by atoms with Gasteiger partial charge in [-0.15, -0.1) is 23.5 Å². The highest BCUT2D eigenvalue weighted by molar-refractivity contribution is 9.10. The minimum absolute atomic E-state index is 0.0135. The zero-order valence-corrected chi connectivity index (χ0v) is 18.0. The molecule has 1 amide bonds. The van der Waals surface area contributed by atoms with Gasteiger partial charge in [-0.3, -0.25) is 4.79 Å². The van der Waals surface area contributed by atoms with Crippen molar-refractivity contribution in [1.82, 2.24) is 5.32 Å². The Morgan fingerprint density at radius 2 is 1.92 bits per heavy atom. The summed E-state index contributed by atoms with van der Waals surface area (Å²) in [5.74, 6) is 2.97. The summed E-state index contributed by atoms with van der Waals surface area (Å²) in [4.78, 5) is 12.0. The van der Waals surface area contributed by atoms with Crippen LogP contribution in [-0.2, 0) is 11.3 Å². The van der Waals surface area contributed by atoms with Crippen LogP contribution in [-0.4, -0.2) is 24.0 Å². The van der Waals surface area contributed by atoms with Crippen molar-refractivity contribution in [2.45, 2.75) is 17.5 Å². The fraction of sp³-hybridized carbons (Fsp3) is 0.316. The lowest BCUT2D eigenvalue weighted by Crippen LogP contribution is -2.28. The molecule has 2 aromatic rings. The Morgan fingerprint density at radius 3 is 2.62 bits per heavy atom. The number of rotatable bonds is 6. The van der Waals surface area contributed by atoms with Crippen molar-refractivity contribution in [1.29, 1.82) is 0 Å². The highest BCUT2D eigenvalue weighted by Crippen LogP contribution is 2.43. The first-order valence-electron chi connectivity index (χ1n) is 8.28. The Morgan fingerprint density at radius 1 is 1.19 bits per heavy atom. The van der Waals surface area contributed by atoms with E-state index in [1.165, 1.54) is 23.5 Å². The van der Waals surface area contributed by atoms with Crippen molar-refractivity contribution in [3.8, 4) is 5.75 Å². The zero-order valence-electron chi connectivity index (χ0n) is 14.0. The topological polar surface area (TPSA) is 38.3 Å². The van der Waals surface area contributed by atoms with E-state index in [1.807, 2.05) is 53.9 Å². The molecule has 138 valence electrons. The number of ether oxygens (including phenoxy) is 1. The highest BCUT2D eigenvalue weighted by Gasteiger charge is 2.16. The van der Waals surface area contributed by atoms with Crippen molar-refractivity contribution in [2.75, 3.05) is 18.1 Å². The van der Waals surface area contributed by atoms with Crippen LogP contribution in [0.25, 0.3) is 0 Å². The molecule has 0 aromatic heterocycles. The Labute approximate surface area is 175 Å². The van der Waals surface area contributed by atoms with E-state index in [4.69, 9.17) is 16.3 Å². The molecule has 0 unspecified atom stereocenters. The van der Waals surface area contributed by atoms with Gasteiger partial charge in [0.05, 0.1) is 4.58 Å². The van der Waals surface area contributed by atoms with E-state index in [1.54, 1.807) is 0 Å². The summed E-state index contributed by atoms with van der Waals surface area (Å²) >= 11 is 13.5. The zero-order chi connectivity index (χ0) is 18.4. The van der Waals surface area contributed by atoms with E-state index in [2.05, 4.69) is 33.4 Å². The lowest BCUT2D eigenvalue weighted by atomic mass is 10.2. The molecule has 26 heavy (non-hydrogen) atoms. The molecule has 0 atom stereocenters. The summed E-state index contributed by atoms with van der Waals surface area (Å²) in [5, 5.41) is 3.44. The molecule has 0 aliphatic carbocycles. The SMILES string of the molecule is O=C(COc1ccc(C2SCCCS2)cc1)NCc1ccc(Br)cc1Cl. The van der Waals surface area contributed by atoms with Gasteiger partial charge >= 0.3 is 0 Å². The maximum absolute atomic E-state index is 12.0. The van der Waals surface area contributed by atoms with Gasteiger partial charge in [0.2, 0.25) is 0 Å². The molecule has 0 spiro atoms. The second-order valence-electron chi connectivity index (χ2n) is 5.80. The molecule has 1 aliphatic rings. The van der Waals surface area contributed by atoms with E-state index in [-0.39, 0.29) is 12.5 Å². The second-order valence-corrected chi connectivity index (χ2v) is 9.84. The summed E-state index contributed by atoms with van der Waals surface area (Å²) in [6, 6.07) is 13.6. The molecule has 1 saturated heterocycles. The molecular weight excluding hydrogens is 454 g/mol. The van der Waals surface area contributed by atoms with E-state index in [9.17, 15) is 4.79 Å². The van der Waals surface area contributed by atoms with Crippen LogP contribution in [0.2, 0.25) is 5.02 Å². The maximum Gasteiger partial charge on any atom is 0.258 e. The number of benzene rings is 2. The van der Waals surface area contributed by atoms with Crippen LogP contribution in [0, 0.1) is 0 Å². The number of carbonyl (C=O) groups is 1. The van der Waals surface area contributed by atoms with Gasteiger partial charge in [0.1, 0.15) is 5.75 Å². The summed E-state index contributed by atoms with van der Waals surface area (Å²) < 4.78 is 7.00. The van der Waals surface area contributed by atoms with Gasteiger partial charge in [0.25, 0.3) is 5.91 Å². The fourth-order valence-corrected chi connectivity index (χ4v) is 6.09. The Bertz CT molecular complexity index is 752. The van der Waals surface area contributed by atoms with Gasteiger partial charge in [0, 0.05) is 16.0 Å². The summed E-state index contributed by atoms with van der Waals surface area (Å²) in [5.41, 5.74) is 2.18. The van der Waals surface area contributed by atoms with Crippen LogP contribution in [0.3, 0.4) is 0 Å². The molecular formula is C19H19BrClNO2S2. The molecule has 7 heteroatoms. The minimum Gasteiger partial charge on any atom is -0.484 e. The molecule has 1 heterocycles. The monoisotopic (exact) mass is 471 g/mol. The predicted octanol–water partition coefficient (Wildman–Crippen LogP) is 5.67. The third-order valence-electron chi connectivity index (χ3n) is 3.84. The number of halogens is 2. The molecule has 1 fully saturated rings. The molecule has 3 nitrogen and oxygen atoms in total. The molecule has 2 aromatic carbocycles. The van der Waals surface area contributed by atoms with E-state index < -0.39 is 0 Å². The van der Waals surface area contributed by atoms with Gasteiger partial charge in [-0.25, -0.2) is 0 Å². The lowest BCUT2D eigenvalue weighted by molar-refractivity contribution is -0.123. The van der Waals surface area contributed by atoms with Crippen LogP contribution >= 0.6 is 51.1 Å². The van der Waals surface area contributed by atoms with Crippen molar-refractivity contribution in [2.24, 2.45) is 0 Å². The van der Waals surface area contributed by atoms with Crippen molar-refractivity contribution >= 4 is 57.0 Å². The van der Waals surface area contributed by atoms with Gasteiger partial charge in [-0.1, -0.05) is 45.7 Å². The number of nitrogens with one attached hydrogen (secondary N) is 1. The van der Waals surface area contributed by atoms with Crippen LogP contribution in [0.15, 0.2) is 46.9 Å². The fourth-order valence-electron chi connectivity index (χ4n) is 2.46. The third kappa shape index (κ3) is 5.84. The number of hydrogen-bond donors (Lipinski definition) is 1. The average molecular weight is 473 g/mol. The maximum atomic E-state index is 12.0. The molecule has 3 rings (SSSR count). The number of hydrogen-bond acceptors (Lipinski definition) is 4. The Balaban J connectivity index is 1.45. The summed E-state index contributed by atoms with van der Waals surface area (Å²) in [6.45, 7) is 0.365. The van der Waals surface area contributed by atoms with Crippen molar-refractivity contribution in [3.63, 3.8) is 0 Å². The standard InChI is InChI=1S/C19H19BrClNO2S2/c20-15-5-2-14(17(21)10-15)11-22-18(23)12-24-16-6-3-13(4-7-16)19-25-8-1-9-26-19/h2-7,10,19H,1,8-9,11-12H2,(H,22,23). The predicted molar refractivity (Wildman–Crippen MR) is 115 cm³/mol. The van der Waals surface area contributed by atoms with Gasteiger partial charge in [-0.2, -0.15) is 0 Å². The van der Waals surface area contributed by atoms with E-state index in [0.717, 1.165) is 10.0 Å². The first kappa shape index (κ1) is 19.9. The second kappa shape index (κ2) is 9.93. The Hall–Kier alpha value is -0.820. The molecule has 0 radical (unpaired) electrons. The lowest BCUT2D eigenvalue weighted by Gasteiger charge is -2.21. The van der Waals surface area contributed by atoms with Gasteiger partial charge < -0.3 is 10.1 Å². The van der Waals surface area contributed by atoms with Gasteiger partial charge in [0.15, 0.2) is 6.61 Å². The van der Waals surface area contributed by atoms with Crippen LogP contribution in [0.4, 0.5) is 0 Å². The summed E-state index contributed by atoms with van der Waals surface area (Å²) in [7, 11) is 0. The largest absolute Gasteiger partial charge is 0.484 e. The highest BCUT2D eigenvalue weighted by atomic mass is 79.9. The first-order valence-corrected chi connectivity index (χ1v) is 11.6. The molecule has 0 bridgehead atoms. The smallest absolute Gasteiger partial charge is 0.258 e. The van der Waals surface area contributed by atoms with Crippen LogP contribution in [0.1, 0.15) is 22.1 Å². The minimum atomic E-state index is -0.175. The quantitative estimate of drug-likeness (QED) is 0.588. The van der Waals surface area contributed by atoms with Crippen molar-refractivity contribution < 1.29 is 9.53 Å². The van der Waals surface area contributed by atoms with E-state index >= 15 is 0 Å².